The van der Waals surface area contributed by atoms with E-state index in [1.165, 1.54) is 0 Å². The average Bonchev–Trinajstić information content (AvgIpc) is 3.37. The summed E-state index contributed by atoms with van der Waals surface area (Å²) < 4.78 is 11.5. The predicted molar refractivity (Wildman–Crippen MR) is 154 cm³/mol. The molecule has 6 rings (SSSR count). The summed E-state index contributed by atoms with van der Waals surface area (Å²) in [7, 11) is 1.63. The van der Waals surface area contributed by atoms with Crippen molar-refractivity contribution in [2.45, 2.75) is 105 Å². The summed E-state index contributed by atoms with van der Waals surface area (Å²) in [4.78, 5) is 31.6. The van der Waals surface area contributed by atoms with E-state index in [-0.39, 0.29) is 63.3 Å². The molecule has 0 aliphatic heterocycles. The number of fused-ring (bicyclic) bond motifs is 7. The van der Waals surface area contributed by atoms with E-state index in [2.05, 4.69) is 49.7 Å². The molecule has 3 fully saturated rings. The van der Waals surface area contributed by atoms with Gasteiger partial charge in [0.15, 0.2) is 11.6 Å². The molecule has 7 nitrogen and oxygen atoms in total. The van der Waals surface area contributed by atoms with Crippen molar-refractivity contribution in [2.24, 2.45) is 44.8 Å². The Kier molecular flexibility index (Phi) is 6.07. The van der Waals surface area contributed by atoms with Crippen molar-refractivity contribution in [3.8, 4) is 0 Å². The van der Waals surface area contributed by atoms with Gasteiger partial charge < -0.3 is 13.9 Å². The van der Waals surface area contributed by atoms with Crippen LogP contribution in [-0.4, -0.2) is 28.9 Å². The summed E-state index contributed by atoms with van der Waals surface area (Å²) in [6.45, 7) is 23.6. The molecular weight excluding hydrogens is 514 g/mol. The first-order valence-electron chi connectivity index (χ1n) is 15.3. The van der Waals surface area contributed by atoms with Gasteiger partial charge in [0.25, 0.3) is 0 Å². The fourth-order valence-corrected chi connectivity index (χ4v) is 10.6. The minimum Gasteiger partial charge on any atom is -0.422 e. The molecule has 1 aromatic rings. The third-order valence-electron chi connectivity index (χ3n) is 13.0. The Bertz CT molecular complexity index is 1430. The van der Waals surface area contributed by atoms with Crippen LogP contribution in [0.1, 0.15) is 105 Å². The Labute approximate surface area is 244 Å². The van der Waals surface area contributed by atoms with Gasteiger partial charge in [-0.2, -0.15) is 0 Å². The number of nitrogens with zero attached hydrogens (tertiary/aromatic N) is 3. The van der Waals surface area contributed by atoms with E-state index < -0.39 is 10.8 Å². The summed E-state index contributed by atoms with van der Waals surface area (Å²) in [6.07, 6.45) is 10.4. The van der Waals surface area contributed by atoms with E-state index in [1.807, 2.05) is 26.0 Å². The number of aromatic nitrogens is 2. The molecule has 5 aliphatic rings. The first-order chi connectivity index (χ1) is 19.1. The van der Waals surface area contributed by atoms with Gasteiger partial charge in [-0.15, -0.1) is 10.2 Å². The lowest BCUT2D eigenvalue weighted by molar-refractivity contribution is -0.161. The number of ether oxygens (including phenoxy) is 1. The lowest BCUT2D eigenvalue weighted by Crippen LogP contribution is -2.65. The summed E-state index contributed by atoms with van der Waals surface area (Å²) in [5.74, 6) is 1.27. The highest BCUT2D eigenvalue weighted by Gasteiger charge is 2.70. The Morgan fingerprint density at radius 3 is 2.41 bits per heavy atom. The molecule has 0 amide bonds. The molecule has 7 heteroatoms. The molecule has 0 spiro atoms. The third kappa shape index (κ3) is 3.58. The molecule has 0 unspecified atom stereocenters. The first kappa shape index (κ1) is 28.5. The molecule has 220 valence electrons. The number of methoxy groups -OCH3 is 1. The summed E-state index contributed by atoms with van der Waals surface area (Å²) in [5.41, 5.74) is -0.536. The fourth-order valence-electron chi connectivity index (χ4n) is 10.6. The van der Waals surface area contributed by atoms with Crippen LogP contribution in [0.4, 0.5) is 0 Å². The zero-order chi connectivity index (χ0) is 29.8. The largest absolute Gasteiger partial charge is 0.422 e. The predicted octanol–water partition coefficient (Wildman–Crippen LogP) is 7.04. The number of hydrogen-bond donors (Lipinski definition) is 0. The molecule has 5 aliphatic carbocycles. The standard InChI is InChI=1S/C34H45N3O4/c1-29(2)12-14-34(28-37-36-25(41-28)19-40-9)15-13-33(7)26(20(34)17-29)22(38)16-24-31(5)18-21(35-8)27(39)30(3,4)23(31)10-11-32(24,33)6/h16,18,20,23,26H,10-15,17,19H2,1-7,9H3/t20-,23-,26-,31-,32+,33+,34-/m0/s1. The van der Waals surface area contributed by atoms with Crippen LogP contribution in [0.2, 0.25) is 0 Å². The van der Waals surface area contributed by atoms with Crippen LogP contribution in [0.25, 0.3) is 4.85 Å². The van der Waals surface area contributed by atoms with Crippen molar-refractivity contribution in [1.29, 1.82) is 0 Å². The van der Waals surface area contributed by atoms with Crippen LogP contribution in [0.15, 0.2) is 27.8 Å². The van der Waals surface area contributed by atoms with Crippen molar-refractivity contribution >= 4 is 11.6 Å². The molecule has 3 saturated carbocycles. The summed E-state index contributed by atoms with van der Waals surface area (Å²) in [5, 5.41) is 8.90. The zero-order valence-corrected chi connectivity index (χ0v) is 26.0. The van der Waals surface area contributed by atoms with E-state index >= 15 is 0 Å². The number of allylic oxidation sites excluding steroid dienone is 4. The lowest BCUT2D eigenvalue weighted by atomic mass is 9.34. The molecule has 0 bridgehead atoms. The van der Waals surface area contributed by atoms with E-state index in [0.29, 0.717) is 11.8 Å². The second-order valence-corrected chi connectivity index (χ2v) is 15.8. The van der Waals surface area contributed by atoms with Crippen LogP contribution >= 0.6 is 0 Å². The van der Waals surface area contributed by atoms with E-state index in [9.17, 15) is 9.59 Å². The molecule has 0 N–H and O–H groups in total. The number of carbonyl (C=O) groups excluding carboxylic acids is 2. The van der Waals surface area contributed by atoms with Crippen molar-refractivity contribution in [3.05, 3.63) is 46.6 Å². The van der Waals surface area contributed by atoms with E-state index in [1.54, 1.807) is 7.11 Å². The van der Waals surface area contributed by atoms with Gasteiger partial charge in [0.05, 0.1) is 12.0 Å². The number of ketones is 2. The van der Waals surface area contributed by atoms with Crippen molar-refractivity contribution in [2.75, 3.05) is 7.11 Å². The summed E-state index contributed by atoms with van der Waals surface area (Å²) >= 11 is 0. The number of carbonyl (C=O) groups is 2. The van der Waals surface area contributed by atoms with Gasteiger partial charge in [-0.3, -0.25) is 4.79 Å². The monoisotopic (exact) mass is 559 g/mol. The third-order valence-corrected chi connectivity index (χ3v) is 13.0. The van der Waals surface area contributed by atoms with Gasteiger partial charge >= 0.3 is 0 Å². The van der Waals surface area contributed by atoms with Gasteiger partial charge in [0, 0.05) is 23.9 Å². The fraction of sp³-hybridized carbons (Fsp3) is 0.735. The molecule has 1 heterocycles. The maximum Gasteiger partial charge on any atom is 0.242 e. The molecule has 7 atom stereocenters. The van der Waals surface area contributed by atoms with Crippen molar-refractivity contribution < 1.29 is 18.7 Å². The van der Waals surface area contributed by atoms with Gasteiger partial charge in [-0.05, 0) is 79.1 Å². The molecular formula is C34H45N3O4. The summed E-state index contributed by atoms with van der Waals surface area (Å²) in [6, 6.07) is 0. The molecule has 0 radical (unpaired) electrons. The second kappa shape index (κ2) is 8.72. The van der Waals surface area contributed by atoms with Crippen molar-refractivity contribution in [1.82, 2.24) is 10.2 Å². The number of rotatable bonds is 3. The van der Waals surface area contributed by atoms with Crippen LogP contribution in [0.5, 0.6) is 0 Å². The molecule has 1 aromatic heterocycles. The number of hydrogen-bond acceptors (Lipinski definition) is 6. The van der Waals surface area contributed by atoms with E-state index in [0.717, 1.165) is 50.5 Å². The first-order valence-corrected chi connectivity index (χ1v) is 15.3. The van der Waals surface area contributed by atoms with Crippen LogP contribution in [-0.2, 0) is 26.3 Å². The van der Waals surface area contributed by atoms with E-state index in [4.69, 9.17) is 15.7 Å². The highest BCUT2D eigenvalue weighted by atomic mass is 16.5. The lowest BCUT2D eigenvalue weighted by Gasteiger charge is -2.69. The number of Topliss-reactive ketones (excluding diaryl/α,β-unsaturated/α-hetero) is 1. The quantitative estimate of drug-likeness (QED) is 0.369. The van der Waals surface area contributed by atoms with Gasteiger partial charge in [0.1, 0.15) is 6.61 Å². The average molecular weight is 560 g/mol. The highest BCUT2D eigenvalue weighted by Crippen LogP contribution is 2.74. The Morgan fingerprint density at radius 2 is 1.73 bits per heavy atom. The second-order valence-electron chi connectivity index (χ2n) is 15.8. The highest BCUT2D eigenvalue weighted by molar-refractivity contribution is 6.03. The van der Waals surface area contributed by atoms with Crippen LogP contribution < -0.4 is 0 Å². The van der Waals surface area contributed by atoms with Gasteiger partial charge in [0.2, 0.25) is 17.5 Å². The maximum absolute atomic E-state index is 14.7. The zero-order valence-electron chi connectivity index (χ0n) is 26.0. The molecule has 41 heavy (non-hydrogen) atoms. The maximum atomic E-state index is 14.7. The smallest absolute Gasteiger partial charge is 0.242 e. The molecule has 0 aromatic carbocycles. The van der Waals surface area contributed by atoms with Crippen LogP contribution in [0.3, 0.4) is 0 Å². The van der Waals surface area contributed by atoms with Gasteiger partial charge in [-0.1, -0.05) is 60.1 Å². The minimum absolute atomic E-state index is 0.0502. The van der Waals surface area contributed by atoms with Gasteiger partial charge in [-0.25, -0.2) is 4.85 Å². The topological polar surface area (TPSA) is 86.7 Å². The van der Waals surface area contributed by atoms with Crippen molar-refractivity contribution in [3.63, 3.8) is 0 Å². The Hall–Kier alpha value is -2.59. The Balaban J connectivity index is 1.51. The van der Waals surface area contributed by atoms with Crippen LogP contribution in [0, 0.1) is 51.4 Å². The molecule has 0 saturated heterocycles. The minimum atomic E-state index is -0.653. The normalized spacial score (nSPS) is 42.6. The SMILES string of the molecule is [C-]#[N+]C1=C[C@]2(C)C3=CC(=O)[C@@H]4[C@@H]5CC(C)(C)CC[C@]5(c5nnc(COC)o5)CC[C@@]4(C)[C@]3(C)CC[C@H]2C(C)(C)C1=O. The Morgan fingerprint density at radius 1 is 1.02 bits per heavy atom.